The zero-order valence-corrected chi connectivity index (χ0v) is 10.4. The van der Waals surface area contributed by atoms with Gasteiger partial charge in [0.05, 0.1) is 18.2 Å². The van der Waals surface area contributed by atoms with E-state index < -0.39 is 6.10 Å². The largest absolute Gasteiger partial charge is 0.391 e. The van der Waals surface area contributed by atoms with Crippen LogP contribution < -0.4 is 5.69 Å². The zero-order chi connectivity index (χ0) is 11.7. The van der Waals surface area contributed by atoms with Crippen molar-refractivity contribution < 1.29 is 5.11 Å². The number of hydrogen-bond donors (Lipinski definition) is 2. The highest BCUT2D eigenvalue weighted by Gasteiger charge is 2.11. The Kier molecular flexibility index (Phi) is 3.11. The van der Waals surface area contributed by atoms with Gasteiger partial charge in [0.25, 0.3) is 0 Å². The predicted molar refractivity (Wildman–Crippen MR) is 64.4 cm³/mol. The minimum atomic E-state index is -0.518. The standard InChI is InChI=1S/C10H12BrN3O2/c1-2-7(15)5-14-8-3-6(11)4-12-9(8)13-10(14)16/h3-4,7,15H,2,5H2,1H3,(H,12,13,16). The van der Waals surface area contributed by atoms with Crippen LogP contribution in [0.4, 0.5) is 0 Å². The summed E-state index contributed by atoms with van der Waals surface area (Å²) in [6, 6.07) is 1.81. The highest BCUT2D eigenvalue weighted by molar-refractivity contribution is 9.10. The topological polar surface area (TPSA) is 70.9 Å². The molecule has 2 heterocycles. The summed E-state index contributed by atoms with van der Waals surface area (Å²) in [6.45, 7) is 2.16. The zero-order valence-electron chi connectivity index (χ0n) is 8.77. The Morgan fingerprint density at radius 3 is 3.12 bits per heavy atom. The molecule has 0 aliphatic rings. The molecule has 0 aliphatic heterocycles. The van der Waals surface area contributed by atoms with Crippen molar-refractivity contribution in [1.29, 1.82) is 0 Å². The predicted octanol–water partition coefficient (Wildman–Crippen LogP) is 1.26. The first kappa shape index (κ1) is 11.3. The maximum absolute atomic E-state index is 11.6. The quantitative estimate of drug-likeness (QED) is 0.892. The highest BCUT2D eigenvalue weighted by atomic mass is 79.9. The fraction of sp³-hybridized carbons (Fsp3) is 0.400. The van der Waals surface area contributed by atoms with Gasteiger partial charge >= 0.3 is 5.69 Å². The first-order valence-electron chi connectivity index (χ1n) is 5.04. The summed E-state index contributed by atoms with van der Waals surface area (Å²) in [6.07, 6.45) is 1.72. The van der Waals surface area contributed by atoms with Crippen LogP contribution in [0.3, 0.4) is 0 Å². The average Bonchev–Trinajstić information content (AvgIpc) is 2.55. The summed E-state index contributed by atoms with van der Waals surface area (Å²) in [7, 11) is 0. The van der Waals surface area contributed by atoms with Gasteiger partial charge in [0.15, 0.2) is 5.65 Å². The molecular formula is C10H12BrN3O2. The highest BCUT2D eigenvalue weighted by Crippen LogP contribution is 2.15. The number of imidazole rings is 1. The van der Waals surface area contributed by atoms with E-state index in [9.17, 15) is 9.90 Å². The van der Waals surface area contributed by atoms with Crippen molar-refractivity contribution in [2.45, 2.75) is 26.0 Å². The molecule has 2 N–H and O–H groups in total. The van der Waals surface area contributed by atoms with Crippen LogP contribution in [0.15, 0.2) is 21.5 Å². The third kappa shape index (κ3) is 2.03. The Bertz CT molecular complexity index is 561. The van der Waals surface area contributed by atoms with E-state index in [-0.39, 0.29) is 12.2 Å². The second kappa shape index (κ2) is 4.39. The molecule has 86 valence electrons. The summed E-state index contributed by atoms with van der Waals surface area (Å²) in [4.78, 5) is 18.4. The van der Waals surface area contributed by atoms with Crippen LogP contribution in [0.25, 0.3) is 11.2 Å². The van der Waals surface area contributed by atoms with Crippen LogP contribution in [-0.4, -0.2) is 25.7 Å². The van der Waals surface area contributed by atoms with Crippen LogP contribution in [0.1, 0.15) is 13.3 Å². The van der Waals surface area contributed by atoms with Crippen LogP contribution in [0.2, 0.25) is 0 Å². The number of halogens is 1. The lowest BCUT2D eigenvalue weighted by atomic mass is 10.3. The average molecular weight is 286 g/mol. The fourth-order valence-corrected chi connectivity index (χ4v) is 1.85. The number of nitrogens with one attached hydrogen (secondary N) is 1. The maximum Gasteiger partial charge on any atom is 0.327 e. The van der Waals surface area contributed by atoms with E-state index in [1.165, 1.54) is 4.57 Å². The number of aromatic nitrogens is 3. The normalized spacial score (nSPS) is 13.2. The molecule has 5 nitrogen and oxygen atoms in total. The van der Waals surface area contributed by atoms with Crippen molar-refractivity contribution in [3.8, 4) is 0 Å². The number of aliphatic hydroxyl groups is 1. The lowest BCUT2D eigenvalue weighted by Gasteiger charge is -2.08. The van der Waals surface area contributed by atoms with Gasteiger partial charge in [-0.3, -0.25) is 9.55 Å². The number of pyridine rings is 1. The lowest BCUT2D eigenvalue weighted by Crippen LogP contribution is -2.24. The van der Waals surface area contributed by atoms with E-state index in [1.807, 2.05) is 13.0 Å². The molecule has 0 fully saturated rings. The Hall–Kier alpha value is -1.14. The van der Waals surface area contributed by atoms with Gasteiger partial charge in [-0.2, -0.15) is 0 Å². The Morgan fingerprint density at radius 1 is 1.69 bits per heavy atom. The van der Waals surface area contributed by atoms with Gasteiger partial charge in [0.2, 0.25) is 0 Å². The number of aromatic amines is 1. The summed E-state index contributed by atoms with van der Waals surface area (Å²) in [5.74, 6) is 0. The monoisotopic (exact) mass is 285 g/mol. The minimum absolute atomic E-state index is 0.242. The molecule has 0 saturated heterocycles. The van der Waals surface area contributed by atoms with Crippen LogP contribution in [-0.2, 0) is 6.54 Å². The molecule has 6 heteroatoms. The van der Waals surface area contributed by atoms with E-state index >= 15 is 0 Å². The van der Waals surface area contributed by atoms with E-state index in [0.29, 0.717) is 17.6 Å². The van der Waals surface area contributed by atoms with Crippen molar-refractivity contribution in [2.24, 2.45) is 0 Å². The Balaban J connectivity index is 2.54. The number of H-pyrrole nitrogens is 1. The minimum Gasteiger partial charge on any atom is -0.391 e. The molecule has 0 aromatic carbocycles. The van der Waals surface area contributed by atoms with Crippen molar-refractivity contribution in [1.82, 2.24) is 14.5 Å². The van der Waals surface area contributed by atoms with E-state index in [1.54, 1.807) is 6.20 Å². The summed E-state index contributed by atoms with van der Waals surface area (Å²) in [5.41, 5.74) is 0.997. The van der Waals surface area contributed by atoms with Crippen molar-refractivity contribution in [3.05, 3.63) is 27.2 Å². The molecule has 0 radical (unpaired) electrons. The van der Waals surface area contributed by atoms with Crippen LogP contribution >= 0.6 is 15.9 Å². The summed E-state index contributed by atoms with van der Waals surface area (Å²) >= 11 is 3.30. The molecule has 0 saturated carbocycles. The molecule has 2 aromatic heterocycles. The van der Waals surface area contributed by atoms with Gasteiger partial charge in [-0.05, 0) is 28.4 Å². The third-order valence-corrected chi connectivity index (χ3v) is 2.89. The summed E-state index contributed by atoms with van der Waals surface area (Å²) in [5, 5.41) is 9.58. The molecule has 0 amide bonds. The van der Waals surface area contributed by atoms with E-state index in [2.05, 4.69) is 25.9 Å². The fourth-order valence-electron chi connectivity index (χ4n) is 1.53. The third-order valence-electron chi connectivity index (χ3n) is 2.46. The number of hydrogen-bond acceptors (Lipinski definition) is 3. The van der Waals surface area contributed by atoms with Gasteiger partial charge in [-0.25, -0.2) is 9.78 Å². The van der Waals surface area contributed by atoms with Crippen LogP contribution in [0, 0.1) is 0 Å². The molecule has 0 spiro atoms. The van der Waals surface area contributed by atoms with Crippen LogP contribution in [0.5, 0.6) is 0 Å². The lowest BCUT2D eigenvalue weighted by molar-refractivity contribution is 0.150. The number of fused-ring (bicyclic) bond motifs is 1. The van der Waals surface area contributed by atoms with Gasteiger partial charge in [0, 0.05) is 10.7 Å². The van der Waals surface area contributed by atoms with Gasteiger partial charge in [-0.1, -0.05) is 6.92 Å². The van der Waals surface area contributed by atoms with Crippen molar-refractivity contribution >= 4 is 27.1 Å². The Labute approximate surface area is 100 Å². The smallest absolute Gasteiger partial charge is 0.327 e. The van der Waals surface area contributed by atoms with E-state index in [4.69, 9.17) is 0 Å². The van der Waals surface area contributed by atoms with Gasteiger partial charge < -0.3 is 5.11 Å². The second-order valence-electron chi connectivity index (χ2n) is 3.62. The molecule has 0 bridgehead atoms. The summed E-state index contributed by atoms with van der Waals surface area (Å²) < 4.78 is 2.31. The van der Waals surface area contributed by atoms with Crippen molar-refractivity contribution in [2.75, 3.05) is 0 Å². The van der Waals surface area contributed by atoms with Gasteiger partial charge in [0.1, 0.15) is 0 Å². The maximum atomic E-state index is 11.6. The van der Waals surface area contributed by atoms with E-state index in [0.717, 1.165) is 4.47 Å². The Morgan fingerprint density at radius 2 is 2.44 bits per heavy atom. The first-order valence-corrected chi connectivity index (χ1v) is 5.83. The molecule has 1 atom stereocenters. The number of nitrogens with zero attached hydrogens (tertiary/aromatic N) is 2. The molecule has 0 aliphatic carbocycles. The SMILES string of the molecule is CCC(O)Cn1c(=O)[nH]c2ncc(Br)cc21. The molecule has 1 unspecified atom stereocenters. The first-order chi connectivity index (χ1) is 7.61. The molecule has 2 rings (SSSR count). The molecule has 16 heavy (non-hydrogen) atoms. The number of aliphatic hydroxyl groups excluding tert-OH is 1. The second-order valence-corrected chi connectivity index (χ2v) is 4.54. The molecular weight excluding hydrogens is 274 g/mol. The molecule has 2 aromatic rings. The van der Waals surface area contributed by atoms with Crippen molar-refractivity contribution in [3.63, 3.8) is 0 Å². The number of rotatable bonds is 3. The van der Waals surface area contributed by atoms with Gasteiger partial charge in [-0.15, -0.1) is 0 Å².